The van der Waals surface area contributed by atoms with Gasteiger partial charge in [0.2, 0.25) is 0 Å². The number of hydrogen-bond acceptors (Lipinski definition) is 4. The van der Waals surface area contributed by atoms with Crippen molar-refractivity contribution < 1.29 is 8.42 Å². The Balaban J connectivity index is 2.48. The summed E-state index contributed by atoms with van der Waals surface area (Å²) < 4.78 is 27.0. The number of aromatic amines is 1. The molecule has 0 atom stereocenters. The number of H-pyrrole nitrogens is 1. The minimum absolute atomic E-state index is 0.0440. The van der Waals surface area contributed by atoms with E-state index in [0.717, 1.165) is 0 Å². The van der Waals surface area contributed by atoms with E-state index in [9.17, 15) is 8.42 Å². The number of aromatic nitrogens is 2. The molecule has 7 heteroatoms. The number of anilines is 1. The van der Waals surface area contributed by atoms with E-state index in [4.69, 9.17) is 5.26 Å². The predicted octanol–water partition coefficient (Wildman–Crippen LogP) is 1.70. The quantitative estimate of drug-likeness (QED) is 0.891. The van der Waals surface area contributed by atoms with Gasteiger partial charge in [0.05, 0.1) is 22.6 Å². The fourth-order valence-corrected chi connectivity index (χ4v) is 3.02. The van der Waals surface area contributed by atoms with E-state index in [1.165, 1.54) is 12.1 Å². The van der Waals surface area contributed by atoms with E-state index in [2.05, 4.69) is 14.9 Å². The van der Waals surface area contributed by atoms with Gasteiger partial charge in [0.25, 0.3) is 10.0 Å². The van der Waals surface area contributed by atoms with Crippen LogP contribution in [-0.4, -0.2) is 18.6 Å². The monoisotopic (exact) mass is 276 g/mol. The first-order valence-corrected chi connectivity index (χ1v) is 6.97. The summed E-state index contributed by atoms with van der Waals surface area (Å²) in [6, 6.07) is 7.92. The summed E-state index contributed by atoms with van der Waals surface area (Å²) in [4.78, 5) is -0.0440. The zero-order chi connectivity index (χ0) is 14.0. The number of hydrogen-bond donors (Lipinski definition) is 2. The maximum Gasteiger partial charge on any atom is 0.263 e. The van der Waals surface area contributed by atoms with Crippen molar-refractivity contribution in [2.45, 2.75) is 18.7 Å². The third kappa shape index (κ3) is 2.44. The van der Waals surface area contributed by atoms with E-state index in [1.54, 1.807) is 26.0 Å². The van der Waals surface area contributed by atoms with Crippen LogP contribution in [0.25, 0.3) is 0 Å². The minimum atomic E-state index is -3.80. The van der Waals surface area contributed by atoms with Crippen LogP contribution in [0, 0.1) is 25.2 Å². The van der Waals surface area contributed by atoms with Crippen LogP contribution in [0.5, 0.6) is 0 Å². The number of rotatable bonds is 3. The lowest BCUT2D eigenvalue weighted by atomic mass is 10.2. The molecule has 2 N–H and O–H groups in total. The van der Waals surface area contributed by atoms with Crippen molar-refractivity contribution in [2.75, 3.05) is 4.72 Å². The molecule has 2 aromatic rings. The normalized spacial score (nSPS) is 11.0. The minimum Gasteiger partial charge on any atom is -0.280 e. The van der Waals surface area contributed by atoms with Gasteiger partial charge < -0.3 is 0 Å². The van der Waals surface area contributed by atoms with Crippen molar-refractivity contribution in [1.29, 1.82) is 5.26 Å². The molecular formula is C12H12N4O2S. The van der Waals surface area contributed by atoms with Gasteiger partial charge in [-0.2, -0.15) is 10.4 Å². The third-order valence-corrected chi connectivity index (χ3v) is 4.07. The molecule has 19 heavy (non-hydrogen) atoms. The molecule has 0 amide bonds. The zero-order valence-corrected chi connectivity index (χ0v) is 11.2. The molecule has 0 spiro atoms. The van der Waals surface area contributed by atoms with E-state index in [0.29, 0.717) is 17.1 Å². The largest absolute Gasteiger partial charge is 0.280 e. The summed E-state index contributed by atoms with van der Waals surface area (Å²) in [5.41, 5.74) is 1.69. The molecule has 98 valence electrons. The summed E-state index contributed by atoms with van der Waals surface area (Å²) in [6.45, 7) is 3.41. The van der Waals surface area contributed by atoms with Gasteiger partial charge in [0.15, 0.2) is 0 Å². The van der Waals surface area contributed by atoms with Gasteiger partial charge in [-0.15, -0.1) is 0 Å². The summed E-state index contributed by atoms with van der Waals surface area (Å²) in [7, 11) is -3.80. The molecule has 6 nitrogen and oxygen atoms in total. The summed E-state index contributed by atoms with van der Waals surface area (Å²) in [5, 5.41) is 15.6. The van der Waals surface area contributed by atoms with Crippen molar-refractivity contribution in [1.82, 2.24) is 10.2 Å². The summed E-state index contributed by atoms with van der Waals surface area (Å²) in [5.74, 6) is 0. The van der Waals surface area contributed by atoms with E-state index in [-0.39, 0.29) is 10.5 Å². The predicted molar refractivity (Wildman–Crippen MR) is 70.0 cm³/mol. The smallest absolute Gasteiger partial charge is 0.263 e. The molecule has 0 aliphatic carbocycles. The molecule has 1 aromatic carbocycles. The molecule has 0 aliphatic rings. The van der Waals surface area contributed by atoms with Crippen LogP contribution >= 0.6 is 0 Å². The van der Waals surface area contributed by atoms with Crippen LogP contribution in [-0.2, 0) is 10.0 Å². The Morgan fingerprint density at radius 1 is 1.32 bits per heavy atom. The van der Waals surface area contributed by atoms with E-state index < -0.39 is 10.0 Å². The lowest BCUT2D eigenvalue weighted by molar-refractivity contribution is 0.601. The first-order valence-electron chi connectivity index (χ1n) is 5.49. The van der Waals surface area contributed by atoms with Gasteiger partial charge in [-0.1, -0.05) is 12.1 Å². The first kappa shape index (κ1) is 13.1. The third-order valence-electron chi connectivity index (χ3n) is 2.66. The summed E-state index contributed by atoms with van der Waals surface area (Å²) >= 11 is 0. The van der Waals surface area contributed by atoms with Crippen molar-refractivity contribution in [2.24, 2.45) is 0 Å². The Morgan fingerprint density at radius 2 is 2.00 bits per heavy atom. The van der Waals surface area contributed by atoms with E-state index >= 15 is 0 Å². The Bertz CT molecular complexity index is 737. The lowest BCUT2D eigenvalue weighted by Gasteiger charge is -2.09. The number of benzene rings is 1. The number of nitriles is 1. The zero-order valence-electron chi connectivity index (χ0n) is 10.4. The number of aryl methyl sites for hydroxylation is 2. The first-order chi connectivity index (χ1) is 8.95. The second kappa shape index (κ2) is 4.74. The Kier molecular flexibility index (Phi) is 3.27. The average molecular weight is 276 g/mol. The van der Waals surface area contributed by atoms with Crippen molar-refractivity contribution in [3.63, 3.8) is 0 Å². The van der Waals surface area contributed by atoms with Crippen LogP contribution < -0.4 is 4.72 Å². The van der Waals surface area contributed by atoms with Crippen LogP contribution in [0.15, 0.2) is 29.2 Å². The van der Waals surface area contributed by atoms with Gasteiger partial charge in [-0.3, -0.25) is 9.82 Å². The molecule has 2 rings (SSSR count). The SMILES string of the molecule is Cc1n[nH]c(C)c1NS(=O)(=O)c1ccccc1C#N. The molecule has 0 unspecified atom stereocenters. The standard InChI is InChI=1S/C12H12N4O2S/c1-8-12(9(2)15-14-8)16-19(17,18)11-6-4-3-5-10(11)7-13/h3-6,16H,1-2H3,(H,14,15). The molecule has 1 heterocycles. The van der Waals surface area contributed by atoms with Crippen LogP contribution in [0.1, 0.15) is 17.0 Å². The molecule has 0 radical (unpaired) electrons. The molecule has 0 aliphatic heterocycles. The number of nitrogens with zero attached hydrogens (tertiary/aromatic N) is 2. The molecule has 0 saturated heterocycles. The van der Waals surface area contributed by atoms with Crippen LogP contribution in [0.2, 0.25) is 0 Å². The van der Waals surface area contributed by atoms with Crippen molar-refractivity contribution in [3.8, 4) is 6.07 Å². The van der Waals surface area contributed by atoms with Gasteiger partial charge >= 0.3 is 0 Å². The molecular weight excluding hydrogens is 264 g/mol. The highest BCUT2D eigenvalue weighted by molar-refractivity contribution is 7.92. The Morgan fingerprint density at radius 3 is 2.58 bits per heavy atom. The van der Waals surface area contributed by atoms with Crippen LogP contribution in [0.3, 0.4) is 0 Å². The molecule has 0 saturated carbocycles. The highest BCUT2D eigenvalue weighted by atomic mass is 32.2. The highest BCUT2D eigenvalue weighted by Crippen LogP contribution is 2.22. The fourth-order valence-electron chi connectivity index (χ4n) is 1.68. The van der Waals surface area contributed by atoms with Crippen LogP contribution in [0.4, 0.5) is 5.69 Å². The second-order valence-electron chi connectivity index (χ2n) is 4.02. The maximum atomic E-state index is 12.3. The van der Waals surface area contributed by atoms with Crippen molar-refractivity contribution >= 4 is 15.7 Å². The highest BCUT2D eigenvalue weighted by Gasteiger charge is 2.20. The average Bonchev–Trinajstić information content (AvgIpc) is 2.70. The maximum absolute atomic E-state index is 12.3. The van der Waals surface area contributed by atoms with E-state index in [1.807, 2.05) is 6.07 Å². The van der Waals surface area contributed by atoms with Gasteiger partial charge in [0.1, 0.15) is 11.0 Å². The topological polar surface area (TPSA) is 98.6 Å². The number of nitrogens with one attached hydrogen (secondary N) is 2. The second-order valence-corrected chi connectivity index (χ2v) is 5.67. The van der Waals surface area contributed by atoms with Gasteiger partial charge in [-0.25, -0.2) is 8.42 Å². The molecule has 0 fully saturated rings. The van der Waals surface area contributed by atoms with Crippen molar-refractivity contribution in [3.05, 3.63) is 41.2 Å². The molecule has 0 bridgehead atoms. The molecule has 1 aromatic heterocycles. The fraction of sp³-hybridized carbons (Fsp3) is 0.167. The summed E-state index contributed by atoms with van der Waals surface area (Å²) in [6.07, 6.45) is 0. The lowest BCUT2D eigenvalue weighted by Crippen LogP contribution is -2.15. The Hall–Kier alpha value is -2.33. The number of sulfonamides is 1. The van der Waals surface area contributed by atoms with Gasteiger partial charge in [-0.05, 0) is 26.0 Å². The Labute approximate surface area is 111 Å². The van der Waals surface area contributed by atoms with Gasteiger partial charge in [0, 0.05) is 0 Å².